The monoisotopic (exact) mass is 367 g/mol. The predicted octanol–water partition coefficient (Wildman–Crippen LogP) is 2.67. The van der Waals surface area contributed by atoms with Crippen LogP contribution >= 0.6 is 34.2 Å². The van der Waals surface area contributed by atoms with E-state index in [9.17, 15) is 18.0 Å². The van der Waals surface area contributed by atoms with Gasteiger partial charge in [-0.2, -0.15) is 0 Å². The van der Waals surface area contributed by atoms with Gasteiger partial charge < -0.3 is 9.84 Å². The minimum absolute atomic E-state index is 0.115. The predicted molar refractivity (Wildman–Crippen MR) is 55.5 cm³/mol. The molecule has 0 spiro atoms. The van der Waals surface area contributed by atoms with Crippen LogP contribution in [0, 0.1) is 3.57 Å². The van der Waals surface area contributed by atoms with E-state index >= 15 is 0 Å². The molecule has 0 aliphatic rings. The van der Waals surface area contributed by atoms with Crippen molar-refractivity contribution in [2.45, 2.75) is 6.36 Å². The van der Waals surface area contributed by atoms with Crippen LogP contribution < -0.4 is 4.74 Å². The molecule has 9 heteroatoms. The molecule has 0 aliphatic heterocycles. The Kier molecular flexibility index (Phi) is 3.84. The maximum Gasteiger partial charge on any atom is 0.574 e. The second-order valence-corrected chi connectivity index (χ2v) is 3.97. The smallest absolute Gasteiger partial charge is 0.503 e. The Bertz CT molecular complexity index is 438. The average Bonchev–Trinajstić information content (AvgIpc) is 2.07. The van der Waals surface area contributed by atoms with Crippen LogP contribution in [0.2, 0.25) is 0 Å². The van der Waals surface area contributed by atoms with Crippen molar-refractivity contribution in [2.24, 2.45) is 0 Å². The van der Waals surface area contributed by atoms with Crippen LogP contribution in [0.5, 0.6) is 11.6 Å². The molecule has 16 heavy (non-hydrogen) atoms. The zero-order chi connectivity index (χ0) is 12.5. The van der Waals surface area contributed by atoms with Crippen molar-refractivity contribution in [2.75, 3.05) is 0 Å². The lowest BCUT2D eigenvalue weighted by Crippen LogP contribution is -2.18. The van der Waals surface area contributed by atoms with Crippen molar-refractivity contribution in [3.8, 4) is 11.6 Å². The molecule has 4 nitrogen and oxygen atoms in total. The Morgan fingerprint density at radius 1 is 1.56 bits per heavy atom. The second kappa shape index (κ2) is 4.62. The molecule has 0 aromatic carbocycles. The lowest BCUT2D eigenvalue weighted by molar-refractivity contribution is -0.276. The molecule has 0 amide bonds. The number of pyridine rings is 1. The summed E-state index contributed by atoms with van der Waals surface area (Å²) in [4.78, 5) is 14.0. The first-order valence-electron chi connectivity index (χ1n) is 3.56. The number of ether oxygens (including phenoxy) is 1. The highest BCUT2D eigenvalue weighted by Gasteiger charge is 2.33. The quantitative estimate of drug-likeness (QED) is 0.645. The Balaban J connectivity index is 3.20. The van der Waals surface area contributed by atoms with E-state index in [1.807, 2.05) is 0 Å². The van der Waals surface area contributed by atoms with Gasteiger partial charge in [0.2, 0.25) is 0 Å². The van der Waals surface area contributed by atoms with Gasteiger partial charge >= 0.3 is 6.36 Å². The lowest BCUT2D eigenvalue weighted by atomic mass is 10.3. The highest BCUT2D eigenvalue weighted by molar-refractivity contribution is 14.1. The fraction of sp³-hybridized carbons (Fsp3) is 0.143. The molecule has 0 unspecified atom stereocenters. The van der Waals surface area contributed by atoms with Crippen LogP contribution in [0.3, 0.4) is 0 Å². The number of aromatic hydroxyl groups is 1. The molecule has 1 aromatic rings. The zero-order valence-corrected chi connectivity index (χ0v) is 10.1. The fourth-order valence-corrected chi connectivity index (χ4v) is 1.75. The number of carbonyl (C=O) groups is 1. The van der Waals surface area contributed by atoms with Gasteiger partial charge in [0, 0.05) is 9.64 Å². The normalized spacial score (nSPS) is 11.3. The Morgan fingerprint density at radius 2 is 2.12 bits per heavy atom. The number of halogens is 5. The summed E-state index contributed by atoms with van der Waals surface area (Å²) in [6.07, 6.45) is -5.01. The van der Waals surface area contributed by atoms with E-state index in [0.717, 1.165) is 6.07 Å². The second-order valence-electron chi connectivity index (χ2n) is 2.46. The first kappa shape index (κ1) is 13.3. The first-order chi connectivity index (χ1) is 7.20. The van der Waals surface area contributed by atoms with Crippen LogP contribution in [0.1, 0.15) is 10.5 Å². The summed E-state index contributed by atoms with van der Waals surface area (Å²) >= 11 is 6.67. The topological polar surface area (TPSA) is 59.4 Å². The molecule has 0 aliphatic carbocycles. The number of hydrogen-bond donors (Lipinski definition) is 1. The summed E-state index contributed by atoms with van der Waals surface area (Å²) in [5.74, 6) is -1.94. The largest absolute Gasteiger partial charge is 0.574 e. The number of rotatable bonds is 2. The van der Waals surface area contributed by atoms with Gasteiger partial charge in [-0.1, -0.05) is 0 Å². The molecule has 0 saturated carbocycles. The highest BCUT2D eigenvalue weighted by atomic mass is 127. The van der Waals surface area contributed by atoms with Crippen LogP contribution in [-0.4, -0.2) is 21.7 Å². The molecule has 0 radical (unpaired) electrons. The molecule has 1 heterocycles. The van der Waals surface area contributed by atoms with Crippen molar-refractivity contribution in [1.82, 2.24) is 4.98 Å². The molecular weight excluding hydrogens is 365 g/mol. The van der Waals surface area contributed by atoms with Gasteiger partial charge in [0.15, 0.2) is 5.75 Å². The van der Waals surface area contributed by atoms with Gasteiger partial charge in [0.25, 0.3) is 11.1 Å². The zero-order valence-electron chi connectivity index (χ0n) is 7.18. The van der Waals surface area contributed by atoms with E-state index in [2.05, 4.69) is 9.72 Å². The van der Waals surface area contributed by atoms with Crippen LogP contribution in [0.15, 0.2) is 6.07 Å². The van der Waals surface area contributed by atoms with Gasteiger partial charge in [0.05, 0.1) is 0 Å². The minimum atomic E-state index is -5.01. The molecule has 1 rings (SSSR count). The summed E-state index contributed by atoms with van der Waals surface area (Å²) in [6.45, 7) is 0. The SMILES string of the molecule is O=C(Cl)c1nc(OC(F)(F)F)c(O)cc1I. The summed E-state index contributed by atoms with van der Waals surface area (Å²) in [5, 5.41) is 8.07. The minimum Gasteiger partial charge on any atom is -0.503 e. The van der Waals surface area contributed by atoms with Crippen LogP contribution in [-0.2, 0) is 0 Å². The van der Waals surface area contributed by atoms with E-state index in [1.54, 1.807) is 22.6 Å². The maximum atomic E-state index is 11.9. The van der Waals surface area contributed by atoms with Crippen LogP contribution in [0.25, 0.3) is 0 Å². The van der Waals surface area contributed by atoms with Gasteiger partial charge in [-0.15, -0.1) is 13.2 Å². The summed E-state index contributed by atoms with van der Waals surface area (Å²) < 4.78 is 39.1. The summed E-state index contributed by atoms with van der Waals surface area (Å²) in [5.41, 5.74) is -0.417. The molecule has 1 N–H and O–H groups in total. The van der Waals surface area contributed by atoms with E-state index in [4.69, 9.17) is 16.7 Å². The van der Waals surface area contributed by atoms with E-state index in [1.165, 1.54) is 0 Å². The summed E-state index contributed by atoms with van der Waals surface area (Å²) in [7, 11) is 0. The van der Waals surface area contributed by atoms with E-state index in [0.29, 0.717) is 0 Å². The third-order valence-electron chi connectivity index (χ3n) is 1.32. The standard InChI is InChI=1S/C7H2ClF3INO3/c8-5(15)4-2(12)1-3(14)6(13-4)16-7(9,10)11/h1,14H. The van der Waals surface area contributed by atoms with Crippen molar-refractivity contribution in [1.29, 1.82) is 0 Å². The van der Waals surface area contributed by atoms with Crippen LogP contribution in [0.4, 0.5) is 13.2 Å². The molecule has 0 bridgehead atoms. The molecule has 88 valence electrons. The van der Waals surface area contributed by atoms with Crippen molar-refractivity contribution >= 4 is 39.4 Å². The number of carbonyl (C=O) groups excluding carboxylic acids is 1. The van der Waals surface area contributed by atoms with Gasteiger partial charge in [-0.3, -0.25) is 4.79 Å². The Labute approximate surface area is 106 Å². The third-order valence-corrected chi connectivity index (χ3v) is 2.32. The molecule has 0 saturated heterocycles. The van der Waals surface area contributed by atoms with Gasteiger partial charge in [0.1, 0.15) is 5.69 Å². The lowest BCUT2D eigenvalue weighted by Gasteiger charge is -2.10. The Hall–Kier alpha value is -0.770. The third kappa shape index (κ3) is 3.37. The molecule has 0 atom stereocenters. The van der Waals surface area contributed by atoms with Crippen molar-refractivity contribution in [3.63, 3.8) is 0 Å². The number of hydrogen-bond acceptors (Lipinski definition) is 4. The molecule has 1 aromatic heterocycles. The number of nitrogens with zero attached hydrogens (tertiary/aromatic N) is 1. The van der Waals surface area contributed by atoms with Crippen molar-refractivity contribution < 1.29 is 27.8 Å². The first-order valence-corrected chi connectivity index (χ1v) is 5.01. The van der Waals surface area contributed by atoms with Gasteiger partial charge in [-0.25, -0.2) is 4.98 Å². The average molecular weight is 367 g/mol. The Morgan fingerprint density at radius 3 is 2.56 bits per heavy atom. The molecular formula is C7H2ClF3INO3. The fourth-order valence-electron chi connectivity index (χ4n) is 0.785. The number of alkyl halides is 3. The molecule has 0 fully saturated rings. The van der Waals surface area contributed by atoms with E-state index in [-0.39, 0.29) is 3.57 Å². The highest BCUT2D eigenvalue weighted by Crippen LogP contribution is 2.31. The van der Waals surface area contributed by atoms with Gasteiger partial charge in [-0.05, 0) is 34.2 Å². The summed E-state index contributed by atoms with van der Waals surface area (Å²) in [6, 6.07) is 0.893. The van der Waals surface area contributed by atoms with E-state index < -0.39 is 28.9 Å². The number of aromatic nitrogens is 1. The van der Waals surface area contributed by atoms with Crippen molar-refractivity contribution in [3.05, 3.63) is 15.3 Å². The maximum absolute atomic E-state index is 11.9.